The Hall–Kier alpha value is -1.33. The fraction of sp³-hybridized carbons (Fsp3) is 0.400. The number of anilines is 1. The molecule has 3 rings (SSSR count). The highest BCUT2D eigenvalue weighted by atomic mass is 32.2. The van der Waals surface area contributed by atoms with Crippen molar-refractivity contribution in [1.29, 1.82) is 0 Å². The highest BCUT2D eigenvalue weighted by Crippen LogP contribution is 2.30. The van der Waals surface area contributed by atoms with Crippen LogP contribution < -0.4 is 5.32 Å². The number of fused-ring (bicyclic) bond motifs is 1. The number of nitrogens with zero attached hydrogens (tertiary/aromatic N) is 1. The zero-order chi connectivity index (χ0) is 14.2. The molecule has 1 aliphatic rings. The highest BCUT2D eigenvalue weighted by Gasteiger charge is 2.31. The second-order valence-electron chi connectivity index (χ2n) is 5.33. The van der Waals surface area contributed by atoms with Crippen LogP contribution in [0.4, 0.5) is 10.1 Å². The van der Waals surface area contributed by atoms with E-state index in [-0.39, 0.29) is 5.82 Å². The van der Waals surface area contributed by atoms with Crippen molar-refractivity contribution < 1.29 is 9.50 Å². The normalized spacial score (nSPS) is 22.4. The standard InChI is InChI=1S/C15H17FN2OS/c1-10-7-13(17-8-15(19)5-6-20-9-15)11-3-2-4-12(16)14(11)18-10/h2-4,7,19H,5-6,8-9H2,1H3,(H,17,18). The number of rotatable bonds is 3. The molecular weight excluding hydrogens is 275 g/mol. The molecule has 2 aromatic rings. The summed E-state index contributed by atoms with van der Waals surface area (Å²) >= 11 is 1.76. The molecule has 1 aliphatic heterocycles. The number of thioether (sulfide) groups is 1. The number of pyridine rings is 1. The third-order valence-corrected chi connectivity index (χ3v) is 4.84. The average Bonchev–Trinajstić information content (AvgIpc) is 2.85. The molecule has 1 atom stereocenters. The van der Waals surface area contributed by atoms with E-state index in [0.717, 1.165) is 34.7 Å². The summed E-state index contributed by atoms with van der Waals surface area (Å²) in [5, 5.41) is 14.4. The lowest BCUT2D eigenvalue weighted by Crippen LogP contribution is -2.36. The fourth-order valence-electron chi connectivity index (χ4n) is 2.48. The molecule has 0 spiro atoms. The van der Waals surface area contributed by atoms with Gasteiger partial charge in [0, 0.05) is 29.1 Å². The molecule has 2 heterocycles. The van der Waals surface area contributed by atoms with E-state index in [0.29, 0.717) is 12.1 Å². The first-order chi connectivity index (χ1) is 9.57. The number of hydrogen-bond donors (Lipinski definition) is 2. The number of aliphatic hydroxyl groups is 1. The van der Waals surface area contributed by atoms with E-state index in [1.807, 2.05) is 19.1 Å². The Morgan fingerprint density at radius 2 is 2.35 bits per heavy atom. The molecule has 1 saturated heterocycles. The Balaban J connectivity index is 1.93. The van der Waals surface area contributed by atoms with Gasteiger partial charge >= 0.3 is 0 Å². The van der Waals surface area contributed by atoms with Gasteiger partial charge in [0.25, 0.3) is 0 Å². The van der Waals surface area contributed by atoms with Crippen molar-refractivity contribution in [2.45, 2.75) is 18.9 Å². The van der Waals surface area contributed by atoms with Crippen LogP contribution in [0.25, 0.3) is 10.9 Å². The summed E-state index contributed by atoms with van der Waals surface area (Å²) in [6, 6.07) is 6.84. The number of hydrogen-bond acceptors (Lipinski definition) is 4. The molecule has 0 saturated carbocycles. The molecular formula is C15H17FN2OS. The molecule has 0 radical (unpaired) electrons. The van der Waals surface area contributed by atoms with Gasteiger partial charge in [-0.3, -0.25) is 0 Å². The molecule has 3 nitrogen and oxygen atoms in total. The van der Waals surface area contributed by atoms with E-state index in [4.69, 9.17) is 0 Å². The Kier molecular flexibility index (Phi) is 3.56. The number of nitrogens with one attached hydrogen (secondary N) is 1. The fourth-order valence-corrected chi connectivity index (χ4v) is 3.78. The predicted octanol–water partition coefficient (Wildman–Crippen LogP) is 2.96. The molecule has 1 aromatic carbocycles. The third-order valence-electron chi connectivity index (χ3n) is 3.61. The highest BCUT2D eigenvalue weighted by molar-refractivity contribution is 7.99. The topological polar surface area (TPSA) is 45.1 Å². The van der Waals surface area contributed by atoms with Crippen molar-refractivity contribution in [3.05, 3.63) is 35.8 Å². The third kappa shape index (κ3) is 2.60. The van der Waals surface area contributed by atoms with Gasteiger partial charge in [0.1, 0.15) is 11.3 Å². The molecule has 20 heavy (non-hydrogen) atoms. The van der Waals surface area contributed by atoms with E-state index in [9.17, 15) is 9.50 Å². The maximum atomic E-state index is 13.8. The maximum Gasteiger partial charge on any atom is 0.149 e. The second kappa shape index (κ2) is 5.22. The van der Waals surface area contributed by atoms with Crippen molar-refractivity contribution in [2.24, 2.45) is 0 Å². The molecule has 1 unspecified atom stereocenters. The monoisotopic (exact) mass is 292 g/mol. The van der Waals surface area contributed by atoms with Gasteiger partial charge < -0.3 is 10.4 Å². The lowest BCUT2D eigenvalue weighted by molar-refractivity contribution is 0.0820. The lowest BCUT2D eigenvalue weighted by atomic mass is 10.0. The summed E-state index contributed by atoms with van der Waals surface area (Å²) in [6.07, 6.45) is 0.793. The first-order valence-corrected chi connectivity index (χ1v) is 7.83. The van der Waals surface area contributed by atoms with Gasteiger partial charge in [-0.25, -0.2) is 9.37 Å². The van der Waals surface area contributed by atoms with Gasteiger partial charge in [-0.1, -0.05) is 12.1 Å². The van der Waals surface area contributed by atoms with Gasteiger partial charge in [0.15, 0.2) is 0 Å². The van der Waals surface area contributed by atoms with E-state index in [2.05, 4.69) is 10.3 Å². The smallest absolute Gasteiger partial charge is 0.149 e. The summed E-state index contributed by atoms with van der Waals surface area (Å²) in [5.41, 5.74) is 1.31. The number of aryl methyl sites for hydroxylation is 1. The van der Waals surface area contributed by atoms with Crippen LogP contribution >= 0.6 is 11.8 Å². The largest absolute Gasteiger partial charge is 0.387 e. The Morgan fingerprint density at radius 3 is 3.10 bits per heavy atom. The van der Waals surface area contributed by atoms with E-state index in [1.165, 1.54) is 6.07 Å². The zero-order valence-corrected chi connectivity index (χ0v) is 12.1. The van der Waals surface area contributed by atoms with Gasteiger partial charge in [0.2, 0.25) is 0 Å². The summed E-state index contributed by atoms with van der Waals surface area (Å²) in [5.74, 6) is 1.42. The minimum atomic E-state index is -0.665. The first kappa shape index (κ1) is 13.6. The quantitative estimate of drug-likeness (QED) is 0.913. The van der Waals surface area contributed by atoms with Crippen molar-refractivity contribution >= 4 is 28.4 Å². The minimum Gasteiger partial charge on any atom is -0.387 e. The van der Waals surface area contributed by atoms with Crippen LogP contribution in [0.3, 0.4) is 0 Å². The molecule has 2 N–H and O–H groups in total. The van der Waals surface area contributed by atoms with Gasteiger partial charge in [0.05, 0.1) is 5.60 Å². The van der Waals surface area contributed by atoms with Crippen LogP contribution in [0, 0.1) is 12.7 Å². The van der Waals surface area contributed by atoms with Gasteiger partial charge in [-0.15, -0.1) is 0 Å². The van der Waals surface area contributed by atoms with E-state index >= 15 is 0 Å². The molecule has 1 fully saturated rings. The van der Waals surface area contributed by atoms with E-state index < -0.39 is 5.60 Å². The second-order valence-corrected chi connectivity index (χ2v) is 6.43. The molecule has 5 heteroatoms. The van der Waals surface area contributed by atoms with Crippen LogP contribution in [-0.4, -0.2) is 33.7 Å². The summed E-state index contributed by atoms with van der Waals surface area (Å²) < 4.78 is 13.8. The maximum absolute atomic E-state index is 13.8. The molecule has 0 aliphatic carbocycles. The first-order valence-electron chi connectivity index (χ1n) is 6.67. The van der Waals surface area contributed by atoms with E-state index in [1.54, 1.807) is 17.8 Å². The Labute approximate surface area is 121 Å². The average molecular weight is 292 g/mol. The molecule has 1 aromatic heterocycles. The van der Waals surface area contributed by atoms with Gasteiger partial charge in [-0.05, 0) is 31.2 Å². The SMILES string of the molecule is Cc1cc(NCC2(O)CCSC2)c2cccc(F)c2n1. The van der Waals surface area contributed by atoms with Crippen LogP contribution in [0.2, 0.25) is 0 Å². The molecule has 0 amide bonds. The van der Waals surface area contributed by atoms with Gasteiger partial charge in [-0.2, -0.15) is 11.8 Å². The summed E-state index contributed by atoms with van der Waals surface area (Å²) in [6.45, 7) is 2.33. The van der Waals surface area contributed by atoms with Crippen molar-refractivity contribution in [1.82, 2.24) is 4.98 Å². The molecule has 106 valence electrons. The minimum absolute atomic E-state index is 0.315. The van der Waals surface area contributed by atoms with Crippen LogP contribution in [0.15, 0.2) is 24.3 Å². The number of benzene rings is 1. The number of aromatic nitrogens is 1. The van der Waals surface area contributed by atoms with Crippen LogP contribution in [0.5, 0.6) is 0 Å². The Bertz CT molecular complexity index is 641. The van der Waals surface area contributed by atoms with Crippen molar-refractivity contribution in [3.8, 4) is 0 Å². The van der Waals surface area contributed by atoms with Crippen LogP contribution in [0.1, 0.15) is 12.1 Å². The van der Waals surface area contributed by atoms with Crippen LogP contribution in [-0.2, 0) is 0 Å². The Morgan fingerprint density at radius 1 is 1.50 bits per heavy atom. The zero-order valence-electron chi connectivity index (χ0n) is 11.3. The summed E-state index contributed by atoms with van der Waals surface area (Å²) in [7, 11) is 0. The number of halogens is 1. The summed E-state index contributed by atoms with van der Waals surface area (Å²) in [4.78, 5) is 4.25. The lowest BCUT2D eigenvalue weighted by Gasteiger charge is -2.23. The van der Waals surface area contributed by atoms with Crippen molar-refractivity contribution in [3.63, 3.8) is 0 Å². The predicted molar refractivity (Wildman–Crippen MR) is 81.8 cm³/mol. The number of para-hydroxylation sites is 1. The molecule has 0 bridgehead atoms. The van der Waals surface area contributed by atoms with Crippen molar-refractivity contribution in [2.75, 3.05) is 23.4 Å².